The zero-order valence-electron chi connectivity index (χ0n) is 12.7. The first-order valence-corrected chi connectivity index (χ1v) is 7.25. The number of amides is 1. The topological polar surface area (TPSA) is 99.4 Å². The van der Waals surface area contributed by atoms with Gasteiger partial charge in [0.25, 0.3) is 5.91 Å². The summed E-state index contributed by atoms with van der Waals surface area (Å²) in [5.74, 6) is -1.64. The minimum Gasteiger partial charge on any atom is -0.507 e. The molecule has 0 fully saturated rings. The Morgan fingerprint density at radius 2 is 2.08 bits per heavy atom. The lowest BCUT2D eigenvalue weighted by Gasteiger charge is -2.09. The summed E-state index contributed by atoms with van der Waals surface area (Å²) in [7, 11) is 0. The van der Waals surface area contributed by atoms with E-state index in [9.17, 15) is 14.7 Å². The van der Waals surface area contributed by atoms with E-state index in [0.717, 1.165) is 0 Å². The number of aromatic hydroxyl groups is 1. The highest BCUT2D eigenvalue weighted by Gasteiger charge is 2.16. The molecule has 0 aromatic heterocycles. The van der Waals surface area contributed by atoms with Gasteiger partial charge in [0.1, 0.15) is 17.4 Å². The maximum absolute atomic E-state index is 11.9. The van der Waals surface area contributed by atoms with Crippen molar-refractivity contribution in [3.05, 3.63) is 58.1 Å². The molecule has 24 heavy (non-hydrogen) atoms. The summed E-state index contributed by atoms with van der Waals surface area (Å²) in [6.07, 6.45) is 0. The van der Waals surface area contributed by atoms with Gasteiger partial charge < -0.3 is 15.2 Å². The quantitative estimate of drug-likeness (QED) is 0.830. The first-order valence-electron chi connectivity index (χ1n) is 6.87. The molecule has 0 aliphatic rings. The first kappa shape index (κ1) is 17.3. The van der Waals surface area contributed by atoms with Crippen molar-refractivity contribution in [3.63, 3.8) is 0 Å². The predicted molar refractivity (Wildman–Crippen MR) is 87.9 cm³/mol. The predicted octanol–water partition coefficient (Wildman–Crippen LogP) is 3.02. The molecule has 0 aliphatic heterocycles. The van der Waals surface area contributed by atoms with E-state index in [-0.39, 0.29) is 22.6 Å². The van der Waals surface area contributed by atoms with Gasteiger partial charge in [0.2, 0.25) is 0 Å². The fourth-order valence-corrected chi connectivity index (χ4v) is 2.11. The molecule has 2 rings (SSSR count). The molecule has 0 saturated carbocycles. The van der Waals surface area contributed by atoms with Crippen molar-refractivity contribution < 1.29 is 19.4 Å². The third-order valence-corrected chi connectivity index (χ3v) is 3.40. The summed E-state index contributed by atoms with van der Waals surface area (Å²) in [6, 6.07) is 11.0. The molecule has 1 amide bonds. The van der Waals surface area contributed by atoms with Crippen molar-refractivity contribution in [1.82, 2.24) is 0 Å². The second-order valence-corrected chi connectivity index (χ2v) is 5.33. The van der Waals surface area contributed by atoms with E-state index in [4.69, 9.17) is 21.6 Å². The van der Waals surface area contributed by atoms with Gasteiger partial charge in [-0.2, -0.15) is 5.26 Å². The number of esters is 1. The van der Waals surface area contributed by atoms with Crippen LogP contribution in [-0.4, -0.2) is 23.6 Å². The largest absolute Gasteiger partial charge is 0.507 e. The van der Waals surface area contributed by atoms with E-state index in [2.05, 4.69) is 5.32 Å². The van der Waals surface area contributed by atoms with Crippen LogP contribution in [0.4, 0.5) is 5.69 Å². The number of nitriles is 1. The molecule has 2 N–H and O–H groups in total. The van der Waals surface area contributed by atoms with Crippen molar-refractivity contribution in [2.75, 3.05) is 11.9 Å². The highest BCUT2D eigenvalue weighted by atomic mass is 35.5. The number of phenolic OH excluding ortho intramolecular Hbond substituents is 1. The normalized spacial score (nSPS) is 9.88. The fraction of sp³-hybridized carbons (Fsp3) is 0.118. The number of para-hydroxylation sites is 1. The van der Waals surface area contributed by atoms with E-state index in [1.807, 2.05) is 6.07 Å². The highest BCUT2D eigenvalue weighted by Crippen LogP contribution is 2.22. The second-order valence-electron chi connectivity index (χ2n) is 4.90. The van der Waals surface area contributed by atoms with E-state index < -0.39 is 18.5 Å². The van der Waals surface area contributed by atoms with Gasteiger partial charge in [0, 0.05) is 5.02 Å². The lowest BCUT2D eigenvalue weighted by atomic mass is 10.1. The minimum atomic E-state index is -0.821. The fourth-order valence-electron chi connectivity index (χ4n) is 1.94. The van der Waals surface area contributed by atoms with Crippen LogP contribution < -0.4 is 5.32 Å². The Morgan fingerprint density at radius 1 is 1.33 bits per heavy atom. The average molecular weight is 345 g/mol. The van der Waals surface area contributed by atoms with Crippen LogP contribution in [0, 0.1) is 18.3 Å². The minimum absolute atomic E-state index is 0.0248. The third kappa shape index (κ3) is 4.03. The third-order valence-electron chi connectivity index (χ3n) is 3.17. The van der Waals surface area contributed by atoms with Crippen LogP contribution in [0.5, 0.6) is 5.75 Å². The Balaban J connectivity index is 2.01. The maximum atomic E-state index is 11.9. The molecule has 0 saturated heterocycles. The zero-order chi connectivity index (χ0) is 17.7. The Hall–Kier alpha value is -3.04. The average Bonchev–Trinajstić information content (AvgIpc) is 2.55. The second kappa shape index (κ2) is 7.49. The molecule has 0 aliphatic carbocycles. The molecule has 0 bridgehead atoms. The van der Waals surface area contributed by atoms with Gasteiger partial charge in [-0.15, -0.1) is 0 Å². The molecule has 122 valence electrons. The summed E-state index contributed by atoms with van der Waals surface area (Å²) in [4.78, 5) is 23.8. The molecule has 6 nitrogen and oxygen atoms in total. The Bertz CT molecular complexity index is 843. The molecular formula is C17H13ClN2O4. The van der Waals surface area contributed by atoms with Gasteiger partial charge in [-0.3, -0.25) is 4.79 Å². The van der Waals surface area contributed by atoms with Crippen LogP contribution in [-0.2, 0) is 9.53 Å². The lowest BCUT2D eigenvalue weighted by Crippen LogP contribution is -2.21. The number of carbonyl (C=O) groups excluding carboxylic acids is 2. The van der Waals surface area contributed by atoms with Crippen LogP contribution in [0.25, 0.3) is 0 Å². The van der Waals surface area contributed by atoms with Crippen molar-refractivity contribution >= 4 is 29.2 Å². The zero-order valence-corrected chi connectivity index (χ0v) is 13.4. The summed E-state index contributed by atoms with van der Waals surface area (Å²) in [5.41, 5.74) is 0.953. The van der Waals surface area contributed by atoms with Gasteiger partial charge in [0.05, 0.1) is 11.3 Å². The molecular weight excluding hydrogens is 332 g/mol. The number of rotatable bonds is 4. The molecule has 0 heterocycles. The molecule has 2 aromatic rings. The molecule has 0 unspecified atom stereocenters. The SMILES string of the molecule is Cc1cccc(C(=O)OCC(=O)Nc2cc(Cl)ccc2C#N)c1O. The number of nitrogens with one attached hydrogen (secondary N) is 1. The van der Waals surface area contributed by atoms with Gasteiger partial charge >= 0.3 is 5.97 Å². The highest BCUT2D eigenvalue weighted by molar-refractivity contribution is 6.31. The van der Waals surface area contributed by atoms with Crippen LogP contribution in [0.15, 0.2) is 36.4 Å². The summed E-state index contributed by atoms with van der Waals surface area (Å²) in [6.45, 7) is 1.07. The summed E-state index contributed by atoms with van der Waals surface area (Å²) in [5, 5.41) is 21.6. The van der Waals surface area contributed by atoms with E-state index >= 15 is 0 Å². The Kier molecular flexibility index (Phi) is 5.40. The van der Waals surface area contributed by atoms with Crippen LogP contribution in [0.2, 0.25) is 5.02 Å². The number of benzene rings is 2. The van der Waals surface area contributed by atoms with Gasteiger partial charge in [0.15, 0.2) is 6.61 Å². The lowest BCUT2D eigenvalue weighted by molar-refractivity contribution is -0.119. The molecule has 0 atom stereocenters. The molecule has 0 spiro atoms. The number of carbonyl (C=O) groups is 2. The van der Waals surface area contributed by atoms with E-state index in [0.29, 0.717) is 10.6 Å². The van der Waals surface area contributed by atoms with Crippen LogP contribution in [0.3, 0.4) is 0 Å². The van der Waals surface area contributed by atoms with Crippen molar-refractivity contribution in [1.29, 1.82) is 5.26 Å². The number of nitrogens with zero attached hydrogens (tertiary/aromatic N) is 1. The van der Waals surface area contributed by atoms with E-state index in [1.54, 1.807) is 19.1 Å². The monoisotopic (exact) mass is 344 g/mol. The summed E-state index contributed by atoms with van der Waals surface area (Å²) < 4.78 is 4.87. The maximum Gasteiger partial charge on any atom is 0.342 e. The Labute approximate surface area is 143 Å². The van der Waals surface area contributed by atoms with Crippen molar-refractivity contribution in [3.8, 4) is 11.8 Å². The van der Waals surface area contributed by atoms with Crippen molar-refractivity contribution in [2.24, 2.45) is 0 Å². The van der Waals surface area contributed by atoms with Crippen LogP contribution in [0.1, 0.15) is 21.5 Å². The van der Waals surface area contributed by atoms with E-state index in [1.165, 1.54) is 24.3 Å². The molecule has 0 radical (unpaired) electrons. The van der Waals surface area contributed by atoms with Gasteiger partial charge in [-0.1, -0.05) is 23.7 Å². The number of hydrogen-bond donors (Lipinski definition) is 2. The number of aryl methyl sites for hydroxylation is 1. The van der Waals surface area contributed by atoms with Crippen LogP contribution >= 0.6 is 11.6 Å². The Morgan fingerprint density at radius 3 is 2.79 bits per heavy atom. The first-order chi connectivity index (χ1) is 11.4. The molecule has 2 aromatic carbocycles. The van der Waals surface area contributed by atoms with Gasteiger partial charge in [-0.25, -0.2) is 4.79 Å². The standard InChI is InChI=1S/C17H13ClN2O4/c1-10-3-2-4-13(16(10)22)17(23)24-9-15(21)20-14-7-12(18)6-5-11(14)8-19/h2-7,22H,9H2,1H3,(H,20,21). The van der Waals surface area contributed by atoms with Gasteiger partial charge in [-0.05, 0) is 36.8 Å². The number of phenols is 1. The number of hydrogen-bond acceptors (Lipinski definition) is 5. The number of ether oxygens (including phenoxy) is 1. The smallest absolute Gasteiger partial charge is 0.342 e. The summed E-state index contributed by atoms with van der Waals surface area (Å²) >= 11 is 5.82. The number of anilines is 1. The van der Waals surface area contributed by atoms with Crippen molar-refractivity contribution in [2.45, 2.75) is 6.92 Å². The molecule has 7 heteroatoms. The number of halogens is 1.